The Morgan fingerprint density at radius 2 is 2.20 bits per heavy atom. The Kier molecular flexibility index (Phi) is 5.52. The van der Waals surface area contributed by atoms with Gasteiger partial charge in [0.2, 0.25) is 0 Å². The smallest absolute Gasteiger partial charge is 0.339 e. The molecule has 1 rings (SSSR count). The standard InChI is InChI=1S/C11H18N4O4S/c1-11(12-2,9(18)19)5-4-6-20-10-13-7(16)8(17)14-15(10)3/h12H,4-6H2,1-3H3,(H,14,17)(H,18,19). The van der Waals surface area contributed by atoms with E-state index in [0.29, 0.717) is 23.8 Å². The zero-order valence-electron chi connectivity index (χ0n) is 11.6. The second-order valence-corrected chi connectivity index (χ2v) is 5.60. The van der Waals surface area contributed by atoms with Crippen LogP contribution < -0.4 is 16.4 Å². The minimum absolute atomic E-state index is 0.399. The summed E-state index contributed by atoms with van der Waals surface area (Å²) in [6.45, 7) is 1.62. The van der Waals surface area contributed by atoms with Gasteiger partial charge in [-0.15, -0.1) is 0 Å². The number of aliphatic carboxylic acids is 1. The normalized spacial score (nSPS) is 13.9. The van der Waals surface area contributed by atoms with Crippen molar-refractivity contribution < 1.29 is 9.90 Å². The van der Waals surface area contributed by atoms with Crippen molar-refractivity contribution in [3.8, 4) is 0 Å². The summed E-state index contributed by atoms with van der Waals surface area (Å²) in [6, 6.07) is 0. The van der Waals surface area contributed by atoms with Crippen LogP contribution in [0.15, 0.2) is 14.7 Å². The van der Waals surface area contributed by atoms with Gasteiger partial charge in [-0.3, -0.25) is 24.2 Å². The maximum Gasteiger partial charge on any atom is 0.339 e. The topological polar surface area (TPSA) is 117 Å². The summed E-state index contributed by atoms with van der Waals surface area (Å²) < 4.78 is 1.38. The summed E-state index contributed by atoms with van der Waals surface area (Å²) >= 11 is 1.29. The summed E-state index contributed by atoms with van der Waals surface area (Å²) in [5, 5.41) is 14.6. The fourth-order valence-electron chi connectivity index (χ4n) is 1.52. The zero-order chi connectivity index (χ0) is 15.3. The number of aryl methyl sites for hydroxylation is 1. The number of aromatic amines is 1. The van der Waals surface area contributed by atoms with Crippen LogP contribution in [0, 0.1) is 0 Å². The molecule has 9 heteroatoms. The van der Waals surface area contributed by atoms with Crippen LogP contribution >= 0.6 is 11.8 Å². The number of nitrogens with one attached hydrogen (secondary N) is 2. The van der Waals surface area contributed by atoms with Gasteiger partial charge < -0.3 is 10.4 Å². The SMILES string of the molecule is CNC(C)(CCCSc1nc(=O)c(=O)[nH]n1C)C(=O)O. The largest absolute Gasteiger partial charge is 0.480 e. The van der Waals surface area contributed by atoms with E-state index in [9.17, 15) is 14.4 Å². The van der Waals surface area contributed by atoms with Gasteiger partial charge in [-0.1, -0.05) is 11.8 Å². The first-order valence-corrected chi connectivity index (χ1v) is 7.01. The van der Waals surface area contributed by atoms with E-state index in [-0.39, 0.29) is 0 Å². The minimum Gasteiger partial charge on any atom is -0.480 e. The number of H-pyrrole nitrogens is 1. The molecule has 0 bridgehead atoms. The molecule has 1 aromatic heterocycles. The van der Waals surface area contributed by atoms with E-state index in [2.05, 4.69) is 15.4 Å². The van der Waals surface area contributed by atoms with Crippen LogP contribution in [0.5, 0.6) is 0 Å². The van der Waals surface area contributed by atoms with Crippen LogP contribution in [-0.4, -0.2) is 44.2 Å². The highest BCUT2D eigenvalue weighted by Gasteiger charge is 2.30. The summed E-state index contributed by atoms with van der Waals surface area (Å²) in [6.07, 6.45) is 1.08. The summed E-state index contributed by atoms with van der Waals surface area (Å²) in [4.78, 5) is 36.9. The van der Waals surface area contributed by atoms with Gasteiger partial charge >= 0.3 is 17.1 Å². The number of aromatic nitrogens is 3. The molecule has 0 radical (unpaired) electrons. The minimum atomic E-state index is -0.967. The molecule has 1 atom stereocenters. The fourth-order valence-corrected chi connectivity index (χ4v) is 2.38. The third kappa shape index (κ3) is 3.94. The molecule has 0 saturated carbocycles. The highest BCUT2D eigenvalue weighted by atomic mass is 32.2. The van der Waals surface area contributed by atoms with E-state index in [1.165, 1.54) is 16.4 Å². The van der Waals surface area contributed by atoms with Crippen molar-refractivity contribution in [2.24, 2.45) is 7.05 Å². The van der Waals surface area contributed by atoms with E-state index in [1.807, 2.05) is 0 Å². The lowest BCUT2D eigenvalue weighted by Crippen LogP contribution is -2.47. The van der Waals surface area contributed by atoms with E-state index < -0.39 is 22.6 Å². The molecule has 0 saturated heterocycles. The lowest BCUT2D eigenvalue weighted by atomic mass is 9.97. The van der Waals surface area contributed by atoms with Gasteiger partial charge in [0.1, 0.15) is 5.54 Å². The van der Waals surface area contributed by atoms with Gasteiger partial charge in [0.05, 0.1) is 0 Å². The Morgan fingerprint density at radius 3 is 2.75 bits per heavy atom. The summed E-state index contributed by atoms with van der Waals surface area (Å²) in [7, 11) is 3.19. The molecule has 0 aromatic carbocycles. The molecule has 0 aliphatic heterocycles. The van der Waals surface area contributed by atoms with E-state index in [1.54, 1.807) is 21.0 Å². The van der Waals surface area contributed by atoms with Gasteiger partial charge in [-0.05, 0) is 26.8 Å². The molecule has 112 valence electrons. The molecule has 0 spiro atoms. The number of carboxylic acids is 1. The number of thioether (sulfide) groups is 1. The van der Waals surface area contributed by atoms with Gasteiger partial charge in [-0.2, -0.15) is 4.98 Å². The number of nitrogens with zero attached hydrogens (tertiary/aromatic N) is 2. The quantitative estimate of drug-likeness (QED) is 0.350. The van der Waals surface area contributed by atoms with Crippen LogP contribution in [-0.2, 0) is 11.8 Å². The highest BCUT2D eigenvalue weighted by molar-refractivity contribution is 7.99. The second-order valence-electron chi connectivity index (χ2n) is 4.54. The fraction of sp³-hybridized carbons (Fsp3) is 0.636. The first kappa shape index (κ1) is 16.4. The van der Waals surface area contributed by atoms with Crippen LogP contribution in [0.3, 0.4) is 0 Å². The third-order valence-corrected chi connectivity index (χ3v) is 4.14. The average molecular weight is 302 g/mol. The van der Waals surface area contributed by atoms with E-state index in [4.69, 9.17) is 5.11 Å². The molecular weight excluding hydrogens is 284 g/mol. The first-order valence-electron chi connectivity index (χ1n) is 6.02. The van der Waals surface area contributed by atoms with Gasteiger partial charge in [0.15, 0.2) is 5.16 Å². The lowest BCUT2D eigenvalue weighted by molar-refractivity contribution is -0.144. The third-order valence-electron chi connectivity index (χ3n) is 3.02. The molecule has 0 aliphatic carbocycles. The Balaban J connectivity index is 2.58. The number of hydrogen-bond donors (Lipinski definition) is 3. The molecule has 1 unspecified atom stereocenters. The first-order chi connectivity index (χ1) is 9.30. The highest BCUT2D eigenvalue weighted by Crippen LogP contribution is 2.18. The molecule has 0 amide bonds. The second kappa shape index (κ2) is 6.71. The van der Waals surface area contributed by atoms with Crippen molar-refractivity contribution in [3.05, 3.63) is 20.7 Å². The number of hydrogen-bond acceptors (Lipinski definition) is 6. The maximum atomic E-state index is 11.2. The number of likely N-dealkylation sites (N-methyl/N-ethyl adjacent to an activating group) is 1. The number of carboxylic acid groups (broad SMARTS) is 1. The van der Waals surface area contributed by atoms with Crippen molar-refractivity contribution in [1.82, 2.24) is 20.1 Å². The number of carbonyl (C=O) groups is 1. The summed E-state index contributed by atoms with van der Waals surface area (Å²) in [5.41, 5.74) is -2.55. The van der Waals surface area contributed by atoms with Crippen LogP contribution in [0.1, 0.15) is 19.8 Å². The molecule has 20 heavy (non-hydrogen) atoms. The summed E-state index contributed by atoms with van der Waals surface area (Å²) in [5.74, 6) is -0.309. The van der Waals surface area contributed by atoms with Crippen molar-refractivity contribution in [1.29, 1.82) is 0 Å². The van der Waals surface area contributed by atoms with Crippen molar-refractivity contribution >= 4 is 17.7 Å². The van der Waals surface area contributed by atoms with Crippen molar-refractivity contribution in [2.45, 2.75) is 30.5 Å². The number of rotatable bonds is 7. The van der Waals surface area contributed by atoms with Gasteiger partial charge in [-0.25, -0.2) is 0 Å². The Hall–Kier alpha value is -1.61. The lowest BCUT2D eigenvalue weighted by Gasteiger charge is -2.23. The van der Waals surface area contributed by atoms with Crippen LogP contribution in [0.2, 0.25) is 0 Å². The average Bonchev–Trinajstić information content (AvgIpc) is 2.39. The Bertz CT molecular complexity index is 597. The van der Waals surface area contributed by atoms with Gasteiger partial charge in [0.25, 0.3) is 0 Å². The van der Waals surface area contributed by atoms with Crippen molar-refractivity contribution in [3.63, 3.8) is 0 Å². The zero-order valence-corrected chi connectivity index (χ0v) is 12.4. The molecule has 0 aliphatic rings. The van der Waals surface area contributed by atoms with E-state index in [0.717, 1.165) is 0 Å². The monoisotopic (exact) mass is 302 g/mol. The Morgan fingerprint density at radius 1 is 1.55 bits per heavy atom. The van der Waals surface area contributed by atoms with Crippen LogP contribution in [0.25, 0.3) is 0 Å². The maximum absolute atomic E-state index is 11.2. The van der Waals surface area contributed by atoms with Crippen molar-refractivity contribution in [2.75, 3.05) is 12.8 Å². The molecule has 8 nitrogen and oxygen atoms in total. The predicted molar refractivity (Wildman–Crippen MR) is 75.2 cm³/mol. The molecule has 3 N–H and O–H groups in total. The molecular formula is C11H18N4O4S. The predicted octanol–water partition coefficient (Wildman–Crippen LogP) is -0.596. The van der Waals surface area contributed by atoms with Crippen LogP contribution in [0.4, 0.5) is 0 Å². The Labute approximate surface area is 119 Å². The van der Waals surface area contributed by atoms with Gasteiger partial charge in [0, 0.05) is 12.8 Å². The molecule has 0 fully saturated rings. The van der Waals surface area contributed by atoms with E-state index >= 15 is 0 Å². The molecule has 1 aromatic rings. The molecule has 1 heterocycles.